The van der Waals surface area contributed by atoms with Crippen LogP contribution in [0, 0.1) is 0 Å². The first-order chi connectivity index (χ1) is 12.4. The summed E-state index contributed by atoms with van der Waals surface area (Å²) >= 11 is 2.80. The van der Waals surface area contributed by atoms with E-state index in [1.165, 1.54) is 28.7 Å². The van der Waals surface area contributed by atoms with Gasteiger partial charge in [0.15, 0.2) is 0 Å². The number of carbonyl (C=O) groups is 1. The van der Waals surface area contributed by atoms with Gasteiger partial charge < -0.3 is 10.1 Å². The Morgan fingerprint density at radius 2 is 2.08 bits per heavy atom. The molecule has 4 nitrogen and oxygen atoms in total. The minimum atomic E-state index is -4.52. The van der Waals surface area contributed by atoms with Crippen LogP contribution in [0.2, 0.25) is 0 Å². The van der Waals surface area contributed by atoms with Gasteiger partial charge in [0, 0.05) is 16.3 Å². The molecule has 3 rings (SSSR count). The van der Waals surface area contributed by atoms with Crippen LogP contribution in [0.15, 0.2) is 40.4 Å². The molecular formula is C17H13F3N2O2S2. The summed E-state index contributed by atoms with van der Waals surface area (Å²) in [5, 5.41) is 8.50. The van der Waals surface area contributed by atoms with Gasteiger partial charge in [-0.1, -0.05) is 0 Å². The molecule has 0 aliphatic carbocycles. The number of carbonyl (C=O) groups excluding carboxylic acids is 1. The van der Waals surface area contributed by atoms with E-state index < -0.39 is 17.6 Å². The van der Waals surface area contributed by atoms with E-state index in [1.807, 2.05) is 16.8 Å². The molecule has 1 aromatic carbocycles. The number of rotatable bonds is 5. The third-order valence-corrected chi connectivity index (χ3v) is 4.93. The number of hydrogen-bond donors (Lipinski definition) is 1. The second kappa shape index (κ2) is 7.46. The van der Waals surface area contributed by atoms with Gasteiger partial charge in [0.05, 0.1) is 17.9 Å². The number of alkyl halides is 3. The summed E-state index contributed by atoms with van der Waals surface area (Å²) in [5.74, 6) is -0.426. The Balaban J connectivity index is 1.86. The maximum Gasteiger partial charge on any atom is 0.416 e. The largest absolute Gasteiger partial charge is 0.492 e. The van der Waals surface area contributed by atoms with Crippen LogP contribution in [-0.2, 0) is 6.18 Å². The van der Waals surface area contributed by atoms with E-state index in [0.717, 1.165) is 17.7 Å². The summed E-state index contributed by atoms with van der Waals surface area (Å²) in [6.45, 7) is 1.96. The fourth-order valence-electron chi connectivity index (χ4n) is 2.17. The second-order valence-electron chi connectivity index (χ2n) is 5.15. The molecule has 136 valence electrons. The lowest BCUT2D eigenvalue weighted by atomic mass is 10.1. The molecule has 2 aromatic heterocycles. The molecular weight excluding hydrogens is 385 g/mol. The van der Waals surface area contributed by atoms with Gasteiger partial charge in [-0.25, -0.2) is 4.98 Å². The zero-order chi connectivity index (χ0) is 18.7. The van der Waals surface area contributed by atoms with Gasteiger partial charge in [0.1, 0.15) is 16.5 Å². The Labute approximate surface area is 155 Å². The minimum Gasteiger partial charge on any atom is -0.492 e. The minimum absolute atomic E-state index is 0.0447. The Morgan fingerprint density at radius 3 is 2.73 bits per heavy atom. The predicted molar refractivity (Wildman–Crippen MR) is 96.0 cm³/mol. The highest BCUT2D eigenvalue weighted by Crippen LogP contribution is 2.35. The molecule has 0 aliphatic rings. The van der Waals surface area contributed by atoms with Gasteiger partial charge >= 0.3 is 6.18 Å². The first-order valence-corrected chi connectivity index (χ1v) is 9.34. The molecule has 0 radical (unpaired) electrons. The number of thiophene rings is 1. The van der Waals surface area contributed by atoms with Crippen LogP contribution in [0.1, 0.15) is 23.0 Å². The molecule has 0 atom stereocenters. The lowest BCUT2D eigenvalue weighted by molar-refractivity contribution is -0.137. The molecule has 2 heterocycles. The van der Waals surface area contributed by atoms with Crippen LogP contribution in [0.3, 0.4) is 0 Å². The van der Waals surface area contributed by atoms with E-state index in [0.29, 0.717) is 5.01 Å². The highest BCUT2D eigenvalue weighted by Gasteiger charge is 2.31. The van der Waals surface area contributed by atoms with Crippen molar-refractivity contribution in [2.24, 2.45) is 0 Å². The number of amides is 1. The molecule has 3 aromatic rings. The van der Waals surface area contributed by atoms with Crippen molar-refractivity contribution in [2.45, 2.75) is 13.1 Å². The van der Waals surface area contributed by atoms with Crippen LogP contribution in [0.4, 0.5) is 18.9 Å². The van der Waals surface area contributed by atoms with E-state index in [2.05, 4.69) is 10.3 Å². The lowest BCUT2D eigenvalue weighted by Gasteiger charge is -2.14. The Hall–Kier alpha value is -2.39. The van der Waals surface area contributed by atoms with Crippen molar-refractivity contribution in [3.63, 3.8) is 0 Å². The first kappa shape index (κ1) is 18.4. The molecule has 0 saturated heterocycles. The number of nitrogens with zero attached hydrogens (tertiary/aromatic N) is 1. The molecule has 1 amide bonds. The van der Waals surface area contributed by atoms with E-state index in [1.54, 1.807) is 12.3 Å². The molecule has 0 fully saturated rings. The number of halogens is 3. The molecule has 0 unspecified atom stereocenters. The topological polar surface area (TPSA) is 51.2 Å². The number of hydrogen-bond acceptors (Lipinski definition) is 5. The summed E-state index contributed by atoms with van der Waals surface area (Å²) in [5.41, 5.74) is 0.120. The zero-order valence-corrected chi connectivity index (χ0v) is 15.1. The van der Waals surface area contributed by atoms with E-state index in [-0.39, 0.29) is 23.7 Å². The number of thiazole rings is 1. The van der Waals surface area contributed by atoms with Gasteiger partial charge in [-0.05, 0) is 36.6 Å². The molecule has 26 heavy (non-hydrogen) atoms. The van der Waals surface area contributed by atoms with Crippen molar-refractivity contribution in [1.82, 2.24) is 4.98 Å². The Morgan fingerprint density at radius 1 is 1.27 bits per heavy atom. The van der Waals surface area contributed by atoms with Crippen molar-refractivity contribution in [3.8, 4) is 16.3 Å². The third-order valence-electron chi connectivity index (χ3n) is 3.36. The summed E-state index contributed by atoms with van der Waals surface area (Å²) in [6.07, 6.45) is -4.52. The van der Waals surface area contributed by atoms with Crippen molar-refractivity contribution in [2.75, 3.05) is 11.9 Å². The predicted octanol–water partition coefficient (Wildman–Crippen LogP) is 5.54. The Bertz CT molecular complexity index is 905. The maximum absolute atomic E-state index is 12.9. The lowest BCUT2D eigenvalue weighted by Crippen LogP contribution is -2.15. The molecule has 0 spiro atoms. The van der Waals surface area contributed by atoms with Gasteiger partial charge in [0.2, 0.25) is 0 Å². The van der Waals surface area contributed by atoms with Crippen LogP contribution < -0.4 is 10.1 Å². The first-order valence-electron chi connectivity index (χ1n) is 7.52. The normalized spacial score (nSPS) is 11.4. The highest BCUT2D eigenvalue weighted by molar-refractivity contribution is 7.14. The monoisotopic (exact) mass is 398 g/mol. The second-order valence-corrected chi connectivity index (χ2v) is 6.78. The van der Waals surface area contributed by atoms with E-state index in [9.17, 15) is 18.0 Å². The van der Waals surface area contributed by atoms with Crippen molar-refractivity contribution >= 4 is 34.3 Å². The number of ether oxygens (including phenoxy) is 1. The summed E-state index contributed by atoms with van der Waals surface area (Å²) in [4.78, 5) is 16.7. The summed E-state index contributed by atoms with van der Waals surface area (Å²) < 4.78 is 44.1. The van der Waals surface area contributed by atoms with E-state index >= 15 is 0 Å². The maximum atomic E-state index is 12.9. The summed E-state index contributed by atoms with van der Waals surface area (Å²) in [6, 6.07) is 4.85. The number of benzene rings is 1. The van der Waals surface area contributed by atoms with Crippen LogP contribution in [0.5, 0.6) is 5.75 Å². The van der Waals surface area contributed by atoms with Gasteiger partial charge in [-0.15, -0.1) is 11.3 Å². The highest BCUT2D eigenvalue weighted by atomic mass is 32.1. The molecule has 0 bridgehead atoms. The standard InChI is InChI=1S/C17H13F3N2O2S2/c1-2-24-14-4-3-11(17(18,19)20)7-12(14)21-15(23)13-9-26-16(22-13)10-5-6-25-8-10/h3-9H,2H2,1H3,(H,21,23). The van der Waals surface area contributed by atoms with Crippen molar-refractivity contribution in [1.29, 1.82) is 0 Å². The molecule has 1 N–H and O–H groups in total. The van der Waals surface area contributed by atoms with Crippen LogP contribution >= 0.6 is 22.7 Å². The molecule has 0 aliphatic heterocycles. The molecule has 0 saturated carbocycles. The average Bonchev–Trinajstić information content (AvgIpc) is 3.27. The fraction of sp³-hybridized carbons (Fsp3) is 0.176. The Kier molecular flexibility index (Phi) is 5.28. The number of aromatic nitrogens is 1. The number of anilines is 1. The smallest absolute Gasteiger partial charge is 0.416 e. The van der Waals surface area contributed by atoms with Gasteiger partial charge in [0.25, 0.3) is 5.91 Å². The van der Waals surface area contributed by atoms with Crippen molar-refractivity contribution < 1.29 is 22.7 Å². The zero-order valence-electron chi connectivity index (χ0n) is 13.5. The van der Waals surface area contributed by atoms with E-state index in [4.69, 9.17) is 4.74 Å². The number of nitrogens with one attached hydrogen (secondary N) is 1. The quantitative estimate of drug-likeness (QED) is 0.614. The average molecular weight is 398 g/mol. The fourth-order valence-corrected chi connectivity index (χ4v) is 3.68. The SMILES string of the molecule is CCOc1ccc(C(F)(F)F)cc1NC(=O)c1csc(-c2ccsc2)n1. The van der Waals surface area contributed by atoms with Crippen molar-refractivity contribution in [3.05, 3.63) is 51.7 Å². The van der Waals surface area contributed by atoms with Crippen LogP contribution in [-0.4, -0.2) is 17.5 Å². The van der Waals surface area contributed by atoms with Crippen LogP contribution in [0.25, 0.3) is 10.6 Å². The van der Waals surface area contributed by atoms with Gasteiger partial charge in [-0.3, -0.25) is 4.79 Å². The third kappa shape index (κ3) is 4.05. The van der Waals surface area contributed by atoms with Gasteiger partial charge in [-0.2, -0.15) is 24.5 Å². The molecule has 9 heteroatoms. The summed E-state index contributed by atoms with van der Waals surface area (Å²) in [7, 11) is 0.